The van der Waals surface area contributed by atoms with E-state index in [-0.39, 0.29) is 18.1 Å². The number of rotatable bonds is 2. The lowest BCUT2D eigenvalue weighted by Crippen LogP contribution is -2.46. The Hall–Kier alpha value is -2.44. The van der Waals surface area contributed by atoms with Crippen molar-refractivity contribution >= 4 is 28.5 Å². The summed E-state index contributed by atoms with van der Waals surface area (Å²) in [6.45, 7) is 5.40. The molecule has 2 aromatic heterocycles. The van der Waals surface area contributed by atoms with Gasteiger partial charge in [-0.05, 0) is 38.1 Å². The second kappa shape index (κ2) is 6.70. The van der Waals surface area contributed by atoms with Crippen molar-refractivity contribution in [1.29, 1.82) is 0 Å². The van der Waals surface area contributed by atoms with Gasteiger partial charge in [0.05, 0.1) is 33.8 Å². The molecule has 7 heteroatoms. The highest BCUT2D eigenvalue weighted by Crippen LogP contribution is 2.31. The molecule has 26 heavy (non-hydrogen) atoms. The Balaban J connectivity index is 1.79. The van der Waals surface area contributed by atoms with Gasteiger partial charge in [0.15, 0.2) is 0 Å². The average Bonchev–Trinajstić information content (AvgIpc) is 2.61. The second-order valence-corrected chi connectivity index (χ2v) is 6.98. The minimum Gasteiger partial charge on any atom is -0.493 e. The number of nitrogens with zero attached hydrogens (tertiary/aromatic N) is 4. The van der Waals surface area contributed by atoms with E-state index in [2.05, 4.69) is 15.0 Å². The number of ether oxygens (including phenoxy) is 1. The van der Waals surface area contributed by atoms with E-state index in [1.165, 1.54) is 0 Å². The van der Waals surface area contributed by atoms with Gasteiger partial charge < -0.3 is 14.7 Å². The first-order valence-corrected chi connectivity index (χ1v) is 8.91. The van der Waals surface area contributed by atoms with Gasteiger partial charge in [0.1, 0.15) is 0 Å². The van der Waals surface area contributed by atoms with E-state index in [1.807, 2.05) is 30.9 Å². The molecule has 1 fully saturated rings. The van der Waals surface area contributed by atoms with Crippen LogP contribution in [0.2, 0.25) is 5.02 Å². The Morgan fingerprint density at radius 2 is 1.92 bits per heavy atom. The van der Waals surface area contributed by atoms with Crippen LogP contribution >= 0.6 is 11.6 Å². The van der Waals surface area contributed by atoms with E-state index in [4.69, 9.17) is 16.3 Å². The number of hydrogen-bond donors (Lipinski definition) is 1. The maximum Gasteiger partial charge on any atom is 0.229 e. The van der Waals surface area contributed by atoms with Crippen LogP contribution in [0.4, 0.5) is 5.95 Å². The lowest BCUT2D eigenvalue weighted by Gasteiger charge is -2.35. The first kappa shape index (κ1) is 17.0. The van der Waals surface area contributed by atoms with Crippen LogP contribution in [0.3, 0.4) is 0 Å². The molecule has 1 saturated heterocycles. The predicted octanol–water partition coefficient (Wildman–Crippen LogP) is 3.66. The summed E-state index contributed by atoms with van der Waals surface area (Å²) in [4.78, 5) is 15.3. The molecular weight excluding hydrogens is 352 g/mol. The van der Waals surface area contributed by atoms with Gasteiger partial charge in [0, 0.05) is 24.8 Å². The van der Waals surface area contributed by atoms with E-state index in [9.17, 15) is 5.11 Å². The normalized spacial score (nSPS) is 20.5. The molecule has 6 nitrogen and oxygen atoms in total. The van der Waals surface area contributed by atoms with Crippen molar-refractivity contribution in [2.75, 3.05) is 18.0 Å². The number of halogens is 1. The van der Waals surface area contributed by atoms with Gasteiger partial charge in [-0.2, -0.15) is 4.98 Å². The number of aromatic hydroxyl groups is 1. The fourth-order valence-corrected chi connectivity index (χ4v) is 3.56. The monoisotopic (exact) mass is 370 g/mol. The summed E-state index contributed by atoms with van der Waals surface area (Å²) >= 11 is 6.26. The van der Waals surface area contributed by atoms with Gasteiger partial charge in [-0.1, -0.05) is 17.7 Å². The van der Waals surface area contributed by atoms with E-state index >= 15 is 0 Å². The van der Waals surface area contributed by atoms with Gasteiger partial charge in [0.25, 0.3) is 0 Å². The highest BCUT2D eigenvalue weighted by molar-refractivity contribution is 6.33. The Labute approximate surface area is 156 Å². The van der Waals surface area contributed by atoms with Crippen molar-refractivity contribution in [1.82, 2.24) is 15.0 Å². The number of anilines is 1. The lowest BCUT2D eigenvalue weighted by molar-refractivity contribution is -0.00573. The van der Waals surface area contributed by atoms with Crippen molar-refractivity contribution in [2.24, 2.45) is 0 Å². The summed E-state index contributed by atoms with van der Waals surface area (Å²) in [6, 6.07) is 9.12. The SMILES string of the molecule is C[C@@H]1CN(c2nc(O)c3ccc(-c4ncccc4Cl)cc3n2)C[C@@H](C)O1. The summed E-state index contributed by atoms with van der Waals surface area (Å²) < 4.78 is 5.76. The van der Waals surface area contributed by atoms with Gasteiger partial charge >= 0.3 is 0 Å². The average molecular weight is 371 g/mol. The minimum absolute atomic E-state index is 0.0320. The number of fused-ring (bicyclic) bond motifs is 1. The van der Waals surface area contributed by atoms with Crippen molar-refractivity contribution in [2.45, 2.75) is 26.1 Å². The zero-order valence-electron chi connectivity index (χ0n) is 14.6. The maximum absolute atomic E-state index is 10.4. The van der Waals surface area contributed by atoms with Crippen LogP contribution in [-0.2, 0) is 4.74 Å². The number of benzene rings is 1. The number of aromatic nitrogens is 3. The zero-order chi connectivity index (χ0) is 18.3. The number of pyridine rings is 1. The number of morpholine rings is 1. The molecule has 1 aliphatic heterocycles. The maximum atomic E-state index is 10.4. The summed E-state index contributed by atoms with van der Waals surface area (Å²) in [7, 11) is 0. The van der Waals surface area contributed by atoms with Crippen molar-refractivity contribution in [3.63, 3.8) is 0 Å². The topological polar surface area (TPSA) is 71.4 Å². The van der Waals surface area contributed by atoms with Crippen LogP contribution in [0, 0.1) is 0 Å². The first-order chi connectivity index (χ1) is 12.5. The molecule has 3 heterocycles. The van der Waals surface area contributed by atoms with Gasteiger partial charge in [-0.25, -0.2) is 4.98 Å². The molecule has 2 atom stereocenters. The minimum atomic E-state index is -0.0320. The highest BCUT2D eigenvalue weighted by atomic mass is 35.5. The molecular formula is C19H19ClN4O2. The summed E-state index contributed by atoms with van der Waals surface area (Å²) in [5.41, 5.74) is 2.18. The zero-order valence-corrected chi connectivity index (χ0v) is 15.3. The van der Waals surface area contributed by atoms with Crippen LogP contribution in [-0.4, -0.2) is 45.4 Å². The fourth-order valence-electron chi connectivity index (χ4n) is 3.33. The Kier molecular flexibility index (Phi) is 4.38. The van der Waals surface area contributed by atoms with Crippen LogP contribution in [0.15, 0.2) is 36.5 Å². The summed E-state index contributed by atoms with van der Waals surface area (Å²) in [5, 5.41) is 11.5. The second-order valence-electron chi connectivity index (χ2n) is 6.58. The molecule has 3 aromatic rings. The molecule has 0 bridgehead atoms. The molecule has 1 aromatic carbocycles. The van der Waals surface area contributed by atoms with Crippen LogP contribution in [0.5, 0.6) is 5.88 Å². The molecule has 4 rings (SSSR count). The van der Waals surface area contributed by atoms with Crippen LogP contribution < -0.4 is 4.90 Å². The van der Waals surface area contributed by atoms with Crippen molar-refractivity contribution in [3.05, 3.63) is 41.6 Å². The quantitative estimate of drug-likeness (QED) is 0.742. The molecule has 0 aliphatic carbocycles. The smallest absolute Gasteiger partial charge is 0.229 e. The van der Waals surface area contributed by atoms with Crippen LogP contribution in [0.25, 0.3) is 22.2 Å². The molecule has 1 N–H and O–H groups in total. The van der Waals surface area contributed by atoms with E-state index in [0.717, 1.165) is 5.56 Å². The van der Waals surface area contributed by atoms with Crippen molar-refractivity contribution in [3.8, 4) is 17.1 Å². The van der Waals surface area contributed by atoms with Gasteiger partial charge in [-0.15, -0.1) is 0 Å². The Morgan fingerprint density at radius 3 is 2.65 bits per heavy atom. The van der Waals surface area contributed by atoms with Crippen LogP contribution in [0.1, 0.15) is 13.8 Å². The van der Waals surface area contributed by atoms with E-state index < -0.39 is 0 Å². The van der Waals surface area contributed by atoms with Gasteiger partial charge in [-0.3, -0.25) is 4.98 Å². The first-order valence-electron chi connectivity index (χ1n) is 8.53. The Morgan fingerprint density at radius 1 is 1.15 bits per heavy atom. The summed E-state index contributed by atoms with van der Waals surface area (Å²) in [6.07, 6.45) is 1.86. The molecule has 0 spiro atoms. The third kappa shape index (κ3) is 3.18. The standard InChI is InChI=1S/C19H19ClN4O2/c1-11-9-24(10-12(2)26-11)19-22-16-8-13(5-6-14(16)18(25)23-19)17-15(20)4-3-7-21-17/h3-8,11-12H,9-10H2,1-2H3,(H,22,23,25)/t11-,12-/m1/s1. The molecule has 0 saturated carbocycles. The molecule has 0 unspecified atom stereocenters. The van der Waals surface area contributed by atoms with E-state index in [0.29, 0.717) is 40.7 Å². The van der Waals surface area contributed by atoms with Crippen molar-refractivity contribution < 1.29 is 9.84 Å². The molecule has 0 amide bonds. The third-order valence-electron chi connectivity index (χ3n) is 4.40. The molecule has 0 radical (unpaired) electrons. The third-order valence-corrected chi connectivity index (χ3v) is 4.70. The highest BCUT2D eigenvalue weighted by Gasteiger charge is 2.25. The van der Waals surface area contributed by atoms with E-state index in [1.54, 1.807) is 24.4 Å². The fraction of sp³-hybridized carbons (Fsp3) is 0.316. The summed E-state index contributed by atoms with van der Waals surface area (Å²) in [5.74, 6) is 0.469. The largest absolute Gasteiger partial charge is 0.493 e. The Bertz CT molecular complexity index is 955. The number of hydrogen-bond acceptors (Lipinski definition) is 6. The molecule has 134 valence electrons. The lowest BCUT2D eigenvalue weighted by atomic mass is 10.1. The van der Waals surface area contributed by atoms with Gasteiger partial charge in [0.2, 0.25) is 11.8 Å². The molecule has 1 aliphatic rings. The predicted molar refractivity (Wildman–Crippen MR) is 102 cm³/mol.